The van der Waals surface area contributed by atoms with Gasteiger partial charge in [0.05, 0.1) is 20.8 Å². The molecule has 34 heavy (non-hydrogen) atoms. The lowest BCUT2D eigenvalue weighted by atomic mass is 10.0. The summed E-state index contributed by atoms with van der Waals surface area (Å²) in [4.78, 5) is 25.7. The zero-order chi connectivity index (χ0) is 24.7. The van der Waals surface area contributed by atoms with Gasteiger partial charge in [-0.15, -0.1) is 11.3 Å². The summed E-state index contributed by atoms with van der Waals surface area (Å²) in [7, 11) is 3.02. The highest BCUT2D eigenvalue weighted by atomic mass is 32.1. The zero-order valence-electron chi connectivity index (χ0n) is 18.7. The van der Waals surface area contributed by atoms with Crippen LogP contribution in [0.25, 0.3) is 17.2 Å². The Labute approximate surface area is 200 Å². The standard InChI is InChI=1S/C25H22N2O6S/c1-4-33-25(30)22-20(15-5-7-18(31-2)8-6-15)14-34-24(22)27-23(29)17(13-26)11-16-12-19(32-3)9-10-21(16)28/h5-12,14,28H,4H2,1-3H3,(H,27,29). The first-order valence-electron chi connectivity index (χ1n) is 10.1. The molecule has 174 valence electrons. The molecule has 0 atom stereocenters. The number of hydrogen-bond acceptors (Lipinski definition) is 8. The van der Waals surface area contributed by atoms with Crippen molar-refractivity contribution < 1.29 is 28.9 Å². The molecule has 1 amide bonds. The summed E-state index contributed by atoms with van der Waals surface area (Å²) >= 11 is 1.14. The molecule has 0 saturated carbocycles. The number of amides is 1. The number of nitrogens with zero attached hydrogens (tertiary/aromatic N) is 1. The van der Waals surface area contributed by atoms with E-state index in [-0.39, 0.29) is 34.1 Å². The molecule has 0 aliphatic rings. The van der Waals surface area contributed by atoms with Crippen LogP contribution in [0.1, 0.15) is 22.8 Å². The second-order valence-electron chi connectivity index (χ2n) is 6.85. The number of anilines is 1. The molecule has 1 aromatic heterocycles. The highest BCUT2D eigenvalue weighted by Crippen LogP contribution is 2.37. The molecule has 0 radical (unpaired) electrons. The Morgan fingerprint density at radius 2 is 1.79 bits per heavy atom. The zero-order valence-corrected chi connectivity index (χ0v) is 19.6. The summed E-state index contributed by atoms with van der Waals surface area (Å²) in [5.41, 5.74) is 1.47. The van der Waals surface area contributed by atoms with Gasteiger partial charge in [-0.2, -0.15) is 5.26 Å². The van der Waals surface area contributed by atoms with Crippen molar-refractivity contribution in [2.24, 2.45) is 0 Å². The summed E-state index contributed by atoms with van der Waals surface area (Å²) in [6.07, 6.45) is 1.25. The smallest absolute Gasteiger partial charge is 0.341 e. The maximum Gasteiger partial charge on any atom is 0.341 e. The van der Waals surface area contributed by atoms with Gasteiger partial charge in [0.1, 0.15) is 39.5 Å². The Hall–Kier alpha value is -4.29. The molecule has 2 N–H and O–H groups in total. The highest BCUT2D eigenvalue weighted by Gasteiger charge is 2.24. The summed E-state index contributed by atoms with van der Waals surface area (Å²) in [5, 5.41) is 24.2. The molecule has 0 fully saturated rings. The van der Waals surface area contributed by atoms with Crippen molar-refractivity contribution in [1.82, 2.24) is 0 Å². The molecule has 0 bridgehead atoms. The Bertz CT molecular complexity index is 1270. The number of ether oxygens (including phenoxy) is 3. The number of esters is 1. The maximum absolute atomic E-state index is 12.9. The molecule has 0 spiro atoms. The third-order valence-corrected chi connectivity index (χ3v) is 5.69. The van der Waals surface area contributed by atoms with E-state index < -0.39 is 11.9 Å². The molecule has 8 nitrogen and oxygen atoms in total. The predicted molar refractivity (Wildman–Crippen MR) is 129 cm³/mol. The highest BCUT2D eigenvalue weighted by molar-refractivity contribution is 7.15. The van der Waals surface area contributed by atoms with Crippen molar-refractivity contribution in [2.75, 3.05) is 26.1 Å². The lowest BCUT2D eigenvalue weighted by Crippen LogP contribution is -2.16. The van der Waals surface area contributed by atoms with Crippen molar-refractivity contribution >= 4 is 34.3 Å². The molecule has 9 heteroatoms. The lowest BCUT2D eigenvalue weighted by Gasteiger charge is -2.09. The van der Waals surface area contributed by atoms with Crippen molar-refractivity contribution in [2.45, 2.75) is 6.92 Å². The molecule has 2 aromatic carbocycles. The minimum atomic E-state index is -0.738. The molecular weight excluding hydrogens is 456 g/mol. The summed E-state index contributed by atoms with van der Waals surface area (Å²) in [6, 6.07) is 13.4. The van der Waals surface area contributed by atoms with Gasteiger partial charge in [-0.25, -0.2) is 4.79 Å². The Morgan fingerprint density at radius 1 is 1.12 bits per heavy atom. The summed E-state index contributed by atoms with van der Waals surface area (Å²) < 4.78 is 15.5. The molecule has 3 aromatic rings. The van der Waals surface area contributed by atoms with E-state index in [1.165, 1.54) is 25.3 Å². The van der Waals surface area contributed by atoms with Crippen LogP contribution in [0.15, 0.2) is 53.4 Å². The van der Waals surface area contributed by atoms with E-state index in [2.05, 4.69) is 5.32 Å². The fraction of sp³-hybridized carbons (Fsp3) is 0.160. The summed E-state index contributed by atoms with van der Waals surface area (Å²) in [6.45, 7) is 1.84. The number of benzene rings is 2. The normalized spacial score (nSPS) is 10.8. The van der Waals surface area contributed by atoms with E-state index in [1.807, 2.05) is 6.07 Å². The summed E-state index contributed by atoms with van der Waals surface area (Å²) in [5.74, 6) is -0.341. The van der Waals surface area contributed by atoms with Crippen molar-refractivity contribution in [3.05, 3.63) is 64.5 Å². The van der Waals surface area contributed by atoms with Crippen molar-refractivity contribution in [3.63, 3.8) is 0 Å². The van der Waals surface area contributed by atoms with Crippen LogP contribution in [0, 0.1) is 11.3 Å². The number of nitriles is 1. The van der Waals surface area contributed by atoms with Crippen LogP contribution in [0.2, 0.25) is 0 Å². The molecular formula is C25H22N2O6S. The lowest BCUT2D eigenvalue weighted by molar-refractivity contribution is -0.112. The number of thiophene rings is 1. The van der Waals surface area contributed by atoms with Crippen LogP contribution >= 0.6 is 11.3 Å². The van der Waals surface area contributed by atoms with Gasteiger partial charge < -0.3 is 24.6 Å². The Kier molecular flexibility index (Phi) is 7.90. The second kappa shape index (κ2) is 11.0. The van der Waals surface area contributed by atoms with Crippen LogP contribution in [-0.4, -0.2) is 37.8 Å². The van der Waals surface area contributed by atoms with Gasteiger partial charge >= 0.3 is 5.97 Å². The van der Waals surface area contributed by atoms with Crippen LogP contribution in [0.4, 0.5) is 5.00 Å². The minimum Gasteiger partial charge on any atom is -0.507 e. The molecule has 1 heterocycles. The number of rotatable bonds is 8. The molecule has 0 aliphatic carbocycles. The van der Waals surface area contributed by atoms with Crippen molar-refractivity contribution in [1.29, 1.82) is 5.26 Å². The van der Waals surface area contributed by atoms with E-state index >= 15 is 0 Å². The van der Waals surface area contributed by atoms with Gasteiger partial charge in [-0.3, -0.25) is 4.79 Å². The van der Waals surface area contributed by atoms with Crippen LogP contribution in [0.3, 0.4) is 0 Å². The van der Waals surface area contributed by atoms with E-state index in [4.69, 9.17) is 14.2 Å². The SMILES string of the molecule is CCOC(=O)c1c(-c2ccc(OC)cc2)csc1NC(=O)C(C#N)=Cc1cc(OC)ccc1O. The van der Waals surface area contributed by atoms with Crippen LogP contribution in [-0.2, 0) is 9.53 Å². The predicted octanol–water partition coefficient (Wildman–Crippen LogP) is 4.86. The van der Waals surface area contributed by atoms with Crippen LogP contribution < -0.4 is 14.8 Å². The van der Waals surface area contributed by atoms with Gasteiger partial charge in [0, 0.05) is 16.5 Å². The van der Waals surface area contributed by atoms with E-state index in [0.717, 1.165) is 16.9 Å². The van der Waals surface area contributed by atoms with Crippen LogP contribution in [0.5, 0.6) is 17.2 Å². The number of phenols is 1. The Morgan fingerprint density at radius 3 is 2.41 bits per heavy atom. The largest absolute Gasteiger partial charge is 0.507 e. The second-order valence-corrected chi connectivity index (χ2v) is 7.73. The third kappa shape index (κ3) is 5.36. The minimum absolute atomic E-state index is 0.119. The van der Waals surface area contributed by atoms with E-state index in [1.54, 1.807) is 49.7 Å². The number of hydrogen-bond donors (Lipinski definition) is 2. The third-order valence-electron chi connectivity index (χ3n) is 4.80. The number of phenolic OH excluding ortho intramolecular Hbond substituents is 1. The average molecular weight is 479 g/mol. The first-order valence-corrected chi connectivity index (χ1v) is 11.0. The molecule has 0 aliphatic heterocycles. The first kappa shape index (κ1) is 24.4. The fourth-order valence-corrected chi connectivity index (χ4v) is 4.04. The molecule has 0 saturated heterocycles. The average Bonchev–Trinajstić information content (AvgIpc) is 3.27. The Balaban J connectivity index is 1.97. The first-order chi connectivity index (χ1) is 16.4. The molecule has 0 unspecified atom stereocenters. The quantitative estimate of drug-likeness (QED) is 0.270. The van der Waals surface area contributed by atoms with Crippen molar-refractivity contribution in [3.8, 4) is 34.4 Å². The van der Waals surface area contributed by atoms with Gasteiger partial charge in [0.25, 0.3) is 5.91 Å². The van der Waals surface area contributed by atoms with E-state index in [0.29, 0.717) is 17.1 Å². The van der Waals surface area contributed by atoms with Gasteiger partial charge in [0.15, 0.2) is 0 Å². The maximum atomic E-state index is 12.9. The van der Waals surface area contributed by atoms with Gasteiger partial charge in [-0.05, 0) is 48.9 Å². The van der Waals surface area contributed by atoms with Gasteiger partial charge in [0.2, 0.25) is 0 Å². The molecule has 3 rings (SSSR count). The monoisotopic (exact) mass is 478 g/mol. The number of carbonyl (C=O) groups is 2. The number of carbonyl (C=O) groups excluding carboxylic acids is 2. The number of nitrogens with one attached hydrogen (secondary N) is 1. The topological polar surface area (TPSA) is 118 Å². The number of aromatic hydroxyl groups is 1. The van der Waals surface area contributed by atoms with Gasteiger partial charge in [-0.1, -0.05) is 12.1 Å². The van der Waals surface area contributed by atoms with E-state index in [9.17, 15) is 20.0 Å². The number of methoxy groups -OCH3 is 2. The fourth-order valence-electron chi connectivity index (χ4n) is 3.09.